The van der Waals surface area contributed by atoms with Gasteiger partial charge in [0.15, 0.2) is 0 Å². The summed E-state index contributed by atoms with van der Waals surface area (Å²) in [5, 5.41) is 9.52. The predicted octanol–water partition coefficient (Wildman–Crippen LogP) is 2.47. The number of nitrogens with zero attached hydrogens (tertiary/aromatic N) is 1. The molecule has 0 saturated heterocycles. The molecule has 0 aliphatic carbocycles. The minimum Gasteiger partial charge on any atom is -0.480 e. The number of aliphatic carboxylic acids is 1. The minimum atomic E-state index is -1.04. The van der Waals surface area contributed by atoms with Crippen LogP contribution in [0.2, 0.25) is 0 Å². The molecule has 0 saturated carbocycles. The summed E-state index contributed by atoms with van der Waals surface area (Å²) in [6.07, 6.45) is 3.22. The average molecular weight is 227 g/mol. The van der Waals surface area contributed by atoms with Crippen molar-refractivity contribution in [3.63, 3.8) is 0 Å². The highest BCUT2D eigenvalue weighted by Crippen LogP contribution is 2.31. The molecule has 0 radical (unpaired) electrons. The third-order valence-corrected chi connectivity index (χ3v) is 3.04. The van der Waals surface area contributed by atoms with E-state index in [1.807, 2.05) is 30.3 Å². The number of aromatic nitrogens is 1. The zero-order valence-corrected chi connectivity index (χ0v) is 9.50. The lowest BCUT2D eigenvalue weighted by molar-refractivity contribution is -0.141. The first-order valence-corrected chi connectivity index (χ1v) is 5.35. The summed E-state index contributed by atoms with van der Waals surface area (Å²) in [5.74, 6) is -0.866. The van der Waals surface area contributed by atoms with Crippen LogP contribution in [0, 0.1) is 0 Å². The number of pyridine rings is 1. The maximum absolute atomic E-state index is 11.6. The molecule has 3 heteroatoms. The topological polar surface area (TPSA) is 50.2 Å². The lowest BCUT2D eigenvalue weighted by atomic mass is 9.77. The average Bonchev–Trinajstić information content (AvgIpc) is 2.39. The number of carbonyl (C=O) groups is 1. The molecule has 0 fully saturated rings. The number of rotatable bonds is 3. The molecule has 3 nitrogen and oxygen atoms in total. The van der Waals surface area contributed by atoms with Crippen LogP contribution in [-0.4, -0.2) is 16.1 Å². The van der Waals surface area contributed by atoms with Crippen LogP contribution in [0.15, 0.2) is 54.9 Å². The summed E-state index contributed by atoms with van der Waals surface area (Å²) in [7, 11) is 0. The smallest absolute Gasteiger partial charge is 0.318 e. The molecule has 0 spiro atoms. The van der Waals surface area contributed by atoms with E-state index in [0.29, 0.717) is 0 Å². The Kier molecular flexibility index (Phi) is 2.91. The van der Waals surface area contributed by atoms with E-state index in [4.69, 9.17) is 0 Å². The zero-order valence-electron chi connectivity index (χ0n) is 9.50. The van der Waals surface area contributed by atoms with Crippen molar-refractivity contribution in [3.05, 3.63) is 66.0 Å². The Labute approximate surface area is 99.8 Å². The van der Waals surface area contributed by atoms with Crippen LogP contribution in [0.3, 0.4) is 0 Å². The number of carboxylic acid groups (broad SMARTS) is 1. The van der Waals surface area contributed by atoms with Crippen molar-refractivity contribution in [1.82, 2.24) is 4.98 Å². The second kappa shape index (κ2) is 4.37. The molecular weight excluding hydrogens is 214 g/mol. The van der Waals surface area contributed by atoms with Crippen molar-refractivity contribution >= 4 is 5.97 Å². The second-order valence-corrected chi connectivity index (χ2v) is 4.03. The Morgan fingerprint density at radius 2 is 1.59 bits per heavy atom. The second-order valence-electron chi connectivity index (χ2n) is 4.03. The molecule has 0 aliphatic heterocycles. The lowest BCUT2D eigenvalue weighted by Gasteiger charge is -2.25. The molecule has 0 aliphatic rings. The molecule has 2 aromatic rings. The fraction of sp³-hybridized carbons (Fsp3) is 0.143. The highest BCUT2D eigenvalue weighted by atomic mass is 16.4. The maximum atomic E-state index is 11.6. The van der Waals surface area contributed by atoms with E-state index in [0.717, 1.165) is 11.1 Å². The van der Waals surface area contributed by atoms with Gasteiger partial charge in [-0.3, -0.25) is 9.78 Å². The van der Waals surface area contributed by atoms with E-state index in [1.54, 1.807) is 31.5 Å². The van der Waals surface area contributed by atoms with Crippen LogP contribution in [-0.2, 0) is 10.2 Å². The van der Waals surface area contributed by atoms with Crippen LogP contribution in [0.4, 0.5) is 0 Å². The van der Waals surface area contributed by atoms with Crippen LogP contribution < -0.4 is 0 Å². The summed E-state index contributed by atoms with van der Waals surface area (Å²) >= 11 is 0. The highest BCUT2D eigenvalue weighted by molar-refractivity contribution is 5.85. The predicted molar refractivity (Wildman–Crippen MR) is 64.8 cm³/mol. The minimum absolute atomic E-state index is 0.728. The van der Waals surface area contributed by atoms with Crippen LogP contribution in [0.1, 0.15) is 18.1 Å². The number of hydrogen-bond acceptors (Lipinski definition) is 2. The third kappa shape index (κ3) is 1.91. The Bertz CT molecular complexity index is 469. The van der Waals surface area contributed by atoms with Gasteiger partial charge in [0.25, 0.3) is 0 Å². The summed E-state index contributed by atoms with van der Waals surface area (Å²) in [6.45, 7) is 1.71. The van der Waals surface area contributed by atoms with Crippen LogP contribution in [0.25, 0.3) is 0 Å². The van der Waals surface area contributed by atoms with Gasteiger partial charge in [-0.1, -0.05) is 30.3 Å². The first-order chi connectivity index (χ1) is 8.15. The number of benzene rings is 1. The van der Waals surface area contributed by atoms with Gasteiger partial charge < -0.3 is 5.11 Å². The van der Waals surface area contributed by atoms with Gasteiger partial charge >= 0.3 is 5.97 Å². The molecule has 2 rings (SSSR count). The Morgan fingerprint density at radius 1 is 1.06 bits per heavy atom. The molecule has 1 aromatic heterocycles. The Balaban J connectivity index is 2.59. The van der Waals surface area contributed by atoms with Gasteiger partial charge in [-0.15, -0.1) is 0 Å². The first-order valence-electron chi connectivity index (χ1n) is 5.35. The summed E-state index contributed by atoms with van der Waals surface area (Å²) < 4.78 is 0. The van der Waals surface area contributed by atoms with E-state index in [-0.39, 0.29) is 0 Å². The van der Waals surface area contributed by atoms with Gasteiger partial charge in [-0.2, -0.15) is 0 Å². The monoisotopic (exact) mass is 227 g/mol. The van der Waals surface area contributed by atoms with Gasteiger partial charge in [-0.25, -0.2) is 0 Å². The van der Waals surface area contributed by atoms with Crippen molar-refractivity contribution in [2.75, 3.05) is 0 Å². The molecule has 1 aromatic carbocycles. The fourth-order valence-corrected chi connectivity index (χ4v) is 1.87. The van der Waals surface area contributed by atoms with Gasteiger partial charge in [-0.05, 0) is 30.2 Å². The van der Waals surface area contributed by atoms with E-state index in [1.165, 1.54) is 0 Å². The lowest BCUT2D eigenvalue weighted by Crippen LogP contribution is -2.33. The van der Waals surface area contributed by atoms with Crippen molar-refractivity contribution < 1.29 is 9.90 Å². The van der Waals surface area contributed by atoms with Gasteiger partial charge in [0.2, 0.25) is 0 Å². The van der Waals surface area contributed by atoms with Crippen LogP contribution >= 0.6 is 0 Å². The summed E-state index contributed by atoms with van der Waals surface area (Å²) in [4.78, 5) is 15.5. The van der Waals surface area contributed by atoms with Gasteiger partial charge in [0, 0.05) is 12.4 Å². The van der Waals surface area contributed by atoms with Crippen molar-refractivity contribution in [1.29, 1.82) is 0 Å². The summed E-state index contributed by atoms with van der Waals surface area (Å²) in [6, 6.07) is 12.7. The van der Waals surface area contributed by atoms with Gasteiger partial charge in [0.1, 0.15) is 5.41 Å². The van der Waals surface area contributed by atoms with Crippen molar-refractivity contribution in [2.45, 2.75) is 12.3 Å². The van der Waals surface area contributed by atoms with E-state index in [2.05, 4.69) is 4.98 Å². The van der Waals surface area contributed by atoms with Crippen LogP contribution in [0.5, 0.6) is 0 Å². The molecule has 86 valence electrons. The Hall–Kier alpha value is -2.16. The zero-order chi connectivity index (χ0) is 12.3. The summed E-state index contributed by atoms with van der Waals surface area (Å²) in [5.41, 5.74) is 0.453. The van der Waals surface area contributed by atoms with Crippen molar-refractivity contribution in [2.24, 2.45) is 0 Å². The molecule has 1 unspecified atom stereocenters. The largest absolute Gasteiger partial charge is 0.480 e. The van der Waals surface area contributed by atoms with E-state index < -0.39 is 11.4 Å². The molecule has 0 amide bonds. The quantitative estimate of drug-likeness (QED) is 0.876. The molecular formula is C14H13NO2. The molecule has 1 heterocycles. The molecule has 1 atom stereocenters. The standard InChI is InChI=1S/C14H13NO2/c1-14(13(16)17,11-5-3-2-4-6-11)12-7-9-15-10-8-12/h2-10H,1H3,(H,16,17). The molecule has 17 heavy (non-hydrogen) atoms. The maximum Gasteiger partial charge on any atom is 0.318 e. The number of carboxylic acids is 1. The van der Waals surface area contributed by atoms with Gasteiger partial charge in [0.05, 0.1) is 0 Å². The number of hydrogen-bond donors (Lipinski definition) is 1. The third-order valence-electron chi connectivity index (χ3n) is 3.04. The van der Waals surface area contributed by atoms with Crippen molar-refractivity contribution in [3.8, 4) is 0 Å². The fourth-order valence-electron chi connectivity index (χ4n) is 1.87. The first kappa shape index (κ1) is 11.3. The molecule has 0 bridgehead atoms. The van der Waals surface area contributed by atoms with E-state index in [9.17, 15) is 9.90 Å². The normalized spacial score (nSPS) is 13.9. The Morgan fingerprint density at radius 3 is 2.12 bits per heavy atom. The van der Waals surface area contributed by atoms with E-state index >= 15 is 0 Å². The molecule has 1 N–H and O–H groups in total. The highest BCUT2D eigenvalue weighted by Gasteiger charge is 2.36. The SMILES string of the molecule is CC(C(=O)O)(c1ccccc1)c1ccncc1.